The van der Waals surface area contributed by atoms with Gasteiger partial charge in [0.1, 0.15) is 5.69 Å². The molecule has 2 amide bonds. The fourth-order valence-electron chi connectivity index (χ4n) is 3.17. The molecule has 1 fully saturated rings. The number of nitrogens with two attached hydrogens (primary N) is 1. The molecule has 1 aromatic carbocycles. The Bertz CT molecular complexity index is 893. The lowest BCUT2D eigenvalue weighted by atomic mass is 10.0. The maximum atomic E-state index is 12.5. The summed E-state index contributed by atoms with van der Waals surface area (Å²) in [5.41, 5.74) is 5.60. The number of piperidine rings is 1. The zero-order valence-corrected chi connectivity index (χ0v) is 14.8. The smallest absolute Gasteiger partial charge is 0.314 e. The van der Waals surface area contributed by atoms with Gasteiger partial charge >= 0.3 is 6.03 Å². The molecule has 3 N–H and O–H groups in total. The van der Waals surface area contributed by atoms with Crippen LogP contribution in [0.1, 0.15) is 29.0 Å². The Morgan fingerprint density at radius 3 is 2.81 bits per heavy atom. The SMILES string of the molecule is Cn1ccnc1C(=O)c1ccc(N[C@H]2CCCN(C(N)=O)C2)c([N+](=O)[O-])c1. The summed E-state index contributed by atoms with van der Waals surface area (Å²) in [6, 6.07) is 3.63. The monoisotopic (exact) mass is 372 g/mol. The Balaban J connectivity index is 1.84. The minimum atomic E-state index is -0.536. The van der Waals surface area contributed by atoms with E-state index in [9.17, 15) is 19.7 Å². The van der Waals surface area contributed by atoms with Crippen LogP contribution in [0, 0.1) is 10.1 Å². The quantitative estimate of drug-likeness (QED) is 0.464. The van der Waals surface area contributed by atoms with Crippen molar-refractivity contribution in [1.29, 1.82) is 0 Å². The van der Waals surface area contributed by atoms with Crippen molar-refractivity contribution in [1.82, 2.24) is 14.5 Å². The maximum absolute atomic E-state index is 12.5. The molecule has 1 saturated heterocycles. The number of nitrogens with one attached hydrogen (secondary N) is 1. The van der Waals surface area contributed by atoms with Crippen LogP contribution in [0.5, 0.6) is 0 Å². The Morgan fingerprint density at radius 2 is 2.19 bits per heavy atom. The number of carbonyl (C=O) groups excluding carboxylic acids is 2. The first-order valence-corrected chi connectivity index (χ1v) is 8.48. The largest absolute Gasteiger partial charge is 0.375 e. The number of benzene rings is 1. The van der Waals surface area contributed by atoms with E-state index in [0.717, 1.165) is 12.8 Å². The zero-order valence-electron chi connectivity index (χ0n) is 14.8. The highest BCUT2D eigenvalue weighted by Crippen LogP contribution is 2.28. The summed E-state index contributed by atoms with van der Waals surface area (Å²) in [7, 11) is 1.68. The second kappa shape index (κ2) is 7.44. The fraction of sp³-hybridized carbons (Fsp3) is 0.353. The molecule has 2 heterocycles. The number of anilines is 1. The van der Waals surface area contributed by atoms with Gasteiger partial charge in [0, 0.05) is 50.2 Å². The summed E-state index contributed by atoms with van der Waals surface area (Å²) >= 11 is 0. The van der Waals surface area contributed by atoms with Gasteiger partial charge in [-0.1, -0.05) is 0 Å². The zero-order chi connectivity index (χ0) is 19.6. The number of ketones is 1. The summed E-state index contributed by atoms with van der Waals surface area (Å²) in [6.07, 6.45) is 4.63. The topological polar surface area (TPSA) is 136 Å². The molecule has 0 saturated carbocycles. The van der Waals surface area contributed by atoms with E-state index < -0.39 is 16.7 Å². The highest BCUT2D eigenvalue weighted by molar-refractivity contribution is 6.07. The Labute approximate surface area is 155 Å². The van der Waals surface area contributed by atoms with Gasteiger partial charge in [0.05, 0.1) is 4.92 Å². The number of nitrogens with zero attached hydrogens (tertiary/aromatic N) is 4. The first-order chi connectivity index (χ1) is 12.9. The van der Waals surface area contributed by atoms with Crippen LogP contribution < -0.4 is 11.1 Å². The highest BCUT2D eigenvalue weighted by atomic mass is 16.6. The second-order valence-corrected chi connectivity index (χ2v) is 6.45. The van der Waals surface area contributed by atoms with Gasteiger partial charge in [0.2, 0.25) is 5.78 Å². The number of rotatable bonds is 5. The first kappa shape index (κ1) is 18.4. The molecule has 27 heavy (non-hydrogen) atoms. The first-order valence-electron chi connectivity index (χ1n) is 8.48. The summed E-state index contributed by atoms with van der Waals surface area (Å²) in [5, 5.41) is 14.6. The predicted molar refractivity (Wildman–Crippen MR) is 97.5 cm³/mol. The molecule has 0 aliphatic carbocycles. The molecule has 1 atom stereocenters. The van der Waals surface area contributed by atoms with E-state index in [4.69, 9.17) is 5.73 Å². The number of amides is 2. The van der Waals surface area contributed by atoms with Gasteiger partial charge in [-0.15, -0.1) is 0 Å². The number of hydrogen-bond acceptors (Lipinski definition) is 6. The summed E-state index contributed by atoms with van der Waals surface area (Å²) < 4.78 is 1.56. The molecule has 1 aromatic heterocycles. The molecule has 0 unspecified atom stereocenters. The summed E-state index contributed by atoms with van der Waals surface area (Å²) in [5.74, 6) is -0.191. The Morgan fingerprint density at radius 1 is 1.41 bits per heavy atom. The molecule has 10 nitrogen and oxygen atoms in total. The van der Waals surface area contributed by atoms with Crippen LogP contribution in [-0.4, -0.2) is 50.3 Å². The van der Waals surface area contributed by atoms with Crippen molar-refractivity contribution in [2.24, 2.45) is 12.8 Å². The highest BCUT2D eigenvalue weighted by Gasteiger charge is 2.25. The maximum Gasteiger partial charge on any atom is 0.314 e. The third-order valence-electron chi connectivity index (χ3n) is 4.57. The van der Waals surface area contributed by atoms with Crippen LogP contribution in [0.25, 0.3) is 0 Å². The van der Waals surface area contributed by atoms with Crippen molar-refractivity contribution in [2.45, 2.75) is 18.9 Å². The number of nitro groups is 1. The van der Waals surface area contributed by atoms with E-state index in [-0.39, 0.29) is 23.1 Å². The van der Waals surface area contributed by atoms with Gasteiger partial charge in [-0.2, -0.15) is 0 Å². The second-order valence-electron chi connectivity index (χ2n) is 6.45. The average Bonchev–Trinajstić information content (AvgIpc) is 3.07. The molecule has 2 aromatic rings. The van der Waals surface area contributed by atoms with Crippen molar-refractivity contribution in [3.8, 4) is 0 Å². The van der Waals surface area contributed by atoms with Crippen LogP contribution in [0.3, 0.4) is 0 Å². The molecular weight excluding hydrogens is 352 g/mol. The standard InChI is InChI=1S/C17H20N6O4/c1-21-8-6-19-16(21)15(24)11-4-5-13(14(9-11)23(26)27)20-12-3-2-7-22(10-12)17(18)25/h4-6,8-9,12,20H,2-3,7,10H2,1H3,(H2,18,25)/t12-/m0/s1. The van der Waals surface area contributed by atoms with Gasteiger partial charge in [-0.25, -0.2) is 9.78 Å². The summed E-state index contributed by atoms with van der Waals surface area (Å²) in [6.45, 7) is 0.952. The molecule has 0 spiro atoms. The summed E-state index contributed by atoms with van der Waals surface area (Å²) in [4.78, 5) is 40.4. The van der Waals surface area contributed by atoms with Crippen LogP contribution in [0.2, 0.25) is 0 Å². The average molecular weight is 372 g/mol. The normalized spacial score (nSPS) is 16.8. The van der Waals surface area contributed by atoms with Gasteiger partial charge < -0.3 is 20.5 Å². The van der Waals surface area contributed by atoms with Gasteiger partial charge in [0.15, 0.2) is 5.82 Å². The molecule has 0 radical (unpaired) electrons. The van der Waals surface area contributed by atoms with Crippen molar-refractivity contribution < 1.29 is 14.5 Å². The minimum Gasteiger partial charge on any atom is -0.375 e. The van der Waals surface area contributed by atoms with Crippen molar-refractivity contribution in [2.75, 3.05) is 18.4 Å². The van der Waals surface area contributed by atoms with Crippen LogP contribution >= 0.6 is 0 Å². The molecule has 1 aliphatic heterocycles. The van der Waals surface area contributed by atoms with E-state index in [0.29, 0.717) is 18.8 Å². The number of nitro benzene ring substituents is 1. The van der Waals surface area contributed by atoms with Crippen LogP contribution in [-0.2, 0) is 7.05 Å². The number of urea groups is 1. The van der Waals surface area contributed by atoms with E-state index in [1.54, 1.807) is 17.8 Å². The third-order valence-corrected chi connectivity index (χ3v) is 4.57. The van der Waals surface area contributed by atoms with Crippen molar-refractivity contribution in [3.05, 3.63) is 52.1 Å². The van der Waals surface area contributed by atoms with Gasteiger partial charge in [0.25, 0.3) is 5.69 Å². The van der Waals surface area contributed by atoms with E-state index in [1.807, 2.05) is 0 Å². The van der Waals surface area contributed by atoms with Gasteiger partial charge in [-0.3, -0.25) is 14.9 Å². The van der Waals surface area contributed by atoms with Gasteiger partial charge in [-0.05, 0) is 25.0 Å². The number of aryl methyl sites for hydroxylation is 1. The number of carbonyl (C=O) groups is 2. The van der Waals surface area contributed by atoms with E-state index >= 15 is 0 Å². The predicted octanol–water partition coefficient (Wildman–Crippen LogP) is 1.51. The lowest BCUT2D eigenvalue weighted by Gasteiger charge is -2.32. The number of aromatic nitrogens is 2. The van der Waals surface area contributed by atoms with Crippen molar-refractivity contribution >= 4 is 23.2 Å². The molecule has 0 bridgehead atoms. The Hall–Kier alpha value is -3.43. The lowest BCUT2D eigenvalue weighted by Crippen LogP contribution is -2.47. The Kier molecular flexibility index (Phi) is 5.06. The fourth-order valence-corrected chi connectivity index (χ4v) is 3.17. The number of hydrogen-bond donors (Lipinski definition) is 2. The molecule has 142 valence electrons. The van der Waals surface area contributed by atoms with Crippen LogP contribution in [0.15, 0.2) is 30.6 Å². The minimum absolute atomic E-state index is 0.152. The van der Waals surface area contributed by atoms with E-state index in [2.05, 4.69) is 10.3 Å². The number of imidazole rings is 1. The molecular formula is C17H20N6O4. The molecule has 3 rings (SSSR count). The van der Waals surface area contributed by atoms with Crippen molar-refractivity contribution in [3.63, 3.8) is 0 Å². The number of likely N-dealkylation sites (tertiary alicyclic amines) is 1. The number of primary amides is 1. The van der Waals surface area contributed by atoms with Crippen LogP contribution in [0.4, 0.5) is 16.2 Å². The molecule has 10 heteroatoms. The third kappa shape index (κ3) is 3.89. The molecule has 1 aliphatic rings. The van der Waals surface area contributed by atoms with E-state index in [1.165, 1.54) is 29.3 Å². The lowest BCUT2D eigenvalue weighted by molar-refractivity contribution is -0.384.